The van der Waals surface area contributed by atoms with Gasteiger partial charge in [0.15, 0.2) is 0 Å². The van der Waals surface area contributed by atoms with Crippen LogP contribution in [0.1, 0.15) is 24.2 Å². The number of esters is 1. The second-order valence-corrected chi connectivity index (χ2v) is 4.23. The molecule has 1 atom stereocenters. The van der Waals surface area contributed by atoms with Gasteiger partial charge in [-0.1, -0.05) is 11.6 Å². The lowest BCUT2D eigenvalue weighted by molar-refractivity contribution is -0.144. The number of ether oxygens (including phenoxy) is 2. The topological polar surface area (TPSA) is 64.6 Å². The summed E-state index contributed by atoms with van der Waals surface area (Å²) in [6.07, 6.45) is 0. The van der Waals surface area contributed by atoms with E-state index < -0.39 is 17.9 Å². The summed E-state index contributed by atoms with van der Waals surface area (Å²) >= 11 is 5.84. The third-order valence-electron chi connectivity index (χ3n) is 2.39. The van der Waals surface area contributed by atoms with Gasteiger partial charge < -0.3 is 14.8 Å². The van der Waals surface area contributed by atoms with Crippen molar-refractivity contribution in [3.63, 3.8) is 0 Å². The Balaban J connectivity index is 2.83. The van der Waals surface area contributed by atoms with Crippen molar-refractivity contribution in [2.45, 2.75) is 19.9 Å². The van der Waals surface area contributed by atoms with E-state index in [4.69, 9.17) is 21.1 Å². The molecule has 0 radical (unpaired) electrons. The maximum absolute atomic E-state index is 12.0. The molecule has 104 valence electrons. The number of amides is 1. The zero-order valence-electron chi connectivity index (χ0n) is 11.0. The van der Waals surface area contributed by atoms with Crippen LogP contribution >= 0.6 is 11.6 Å². The lowest BCUT2D eigenvalue weighted by Gasteiger charge is -2.14. The van der Waals surface area contributed by atoms with Gasteiger partial charge in [0.1, 0.15) is 11.8 Å². The number of rotatable bonds is 5. The van der Waals surface area contributed by atoms with Gasteiger partial charge in [-0.15, -0.1) is 0 Å². The molecule has 0 aliphatic rings. The maximum atomic E-state index is 12.0. The summed E-state index contributed by atoms with van der Waals surface area (Å²) in [4.78, 5) is 23.5. The van der Waals surface area contributed by atoms with E-state index in [0.717, 1.165) is 0 Å². The number of carbonyl (C=O) groups excluding carboxylic acids is 2. The smallest absolute Gasteiger partial charge is 0.328 e. The van der Waals surface area contributed by atoms with Crippen molar-refractivity contribution in [2.24, 2.45) is 0 Å². The molecule has 0 bridgehead atoms. The highest BCUT2D eigenvalue weighted by Crippen LogP contribution is 2.22. The summed E-state index contributed by atoms with van der Waals surface area (Å²) in [6, 6.07) is 3.95. The molecule has 0 fully saturated rings. The minimum Gasteiger partial charge on any atom is -0.496 e. The van der Waals surface area contributed by atoms with Crippen molar-refractivity contribution in [1.82, 2.24) is 5.32 Å². The molecule has 1 unspecified atom stereocenters. The predicted octanol–water partition coefficient (Wildman–Crippen LogP) is 2.03. The zero-order chi connectivity index (χ0) is 14.4. The lowest BCUT2D eigenvalue weighted by Crippen LogP contribution is -2.39. The molecule has 0 spiro atoms. The molecule has 0 aliphatic heterocycles. The predicted molar refractivity (Wildman–Crippen MR) is 71.6 cm³/mol. The summed E-state index contributed by atoms with van der Waals surface area (Å²) in [5.74, 6) is -0.547. The van der Waals surface area contributed by atoms with Crippen molar-refractivity contribution < 1.29 is 19.1 Å². The minimum absolute atomic E-state index is 0.263. The monoisotopic (exact) mass is 285 g/mol. The van der Waals surface area contributed by atoms with E-state index in [1.165, 1.54) is 13.2 Å². The van der Waals surface area contributed by atoms with Crippen LogP contribution in [0.25, 0.3) is 0 Å². The second-order valence-electron chi connectivity index (χ2n) is 3.79. The van der Waals surface area contributed by atoms with Crippen LogP contribution in [-0.4, -0.2) is 31.6 Å². The Bertz CT molecular complexity index is 476. The molecule has 1 amide bonds. The molecule has 1 aromatic carbocycles. The largest absolute Gasteiger partial charge is 0.496 e. The highest BCUT2D eigenvalue weighted by Gasteiger charge is 2.20. The first-order valence-electron chi connectivity index (χ1n) is 5.80. The molecule has 0 aliphatic carbocycles. The van der Waals surface area contributed by atoms with Crippen LogP contribution in [0.4, 0.5) is 0 Å². The van der Waals surface area contributed by atoms with Crippen molar-refractivity contribution >= 4 is 23.5 Å². The van der Waals surface area contributed by atoms with Gasteiger partial charge >= 0.3 is 5.97 Å². The Morgan fingerprint density at radius 2 is 2.11 bits per heavy atom. The van der Waals surface area contributed by atoms with Gasteiger partial charge in [0.25, 0.3) is 5.91 Å². The van der Waals surface area contributed by atoms with Crippen molar-refractivity contribution in [3.8, 4) is 5.75 Å². The Kier molecular flexibility index (Phi) is 5.63. The molecule has 0 saturated heterocycles. The van der Waals surface area contributed by atoms with Crippen LogP contribution in [0.2, 0.25) is 5.02 Å². The van der Waals surface area contributed by atoms with Gasteiger partial charge in [0.2, 0.25) is 0 Å². The fourth-order valence-corrected chi connectivity index (χ4v) is 1.63. The first kappa shape index (κ1) is 15.3. The summed E-state index contributed by atoms with van der Waals surface area (Å²) in [7, 11) is 1.45. The van der Waals surface area contributed by atoms with E-state index in [-0.39, 0.29) is 12.2 Å². The third kappa shape index (κ3) is 4.13. The van der Waals surface area contributed by atoms with Crippen LogP contribution in [0, 0.1) is 0 Å². The van der Waals surface area contributed by atoms with Crippen LogP contribution in [-0.2, 0) is 9.53 Å². The van der Waals surface area contributed by atoms with Crippen molar-refractivity contribution in [3.05, 3.63) is 28.8 Å². The highest BCUT2D eigenvalue weighted by molar-refractivity contribution is 6.31. The first-order valence-corrected chi connectivity index (χ1v) is 6.18. The molecular formula is C13H16ClNO4. The molecule has 1 aromatic rings. The molecule has 1 N–H and O–H groups in total. The van der Waals surface area contributed by atoms with E-state index in [1.807, 2.05) is 0 Å². The number of nitrogens with one attached hydrogen (secondary N) is 1. The molecular weight excluding hydrogens is 270 g/mol. The van der Waals surface area contributed by atoms with Crippen LogP contribution < -0.4 is 10.1 Å². The third-order valence-corrected chi connectivity index (χ3v) is 2.63. The van der Waals surface area contributed by atoms with Gasteiger partial charge in [0, 0.05) is 5.02 Å². The van der Waals surface area contributed by atoms with Crippen molar-refractivity contribution in [2.75, 3.05) is 13.7 Å². The maximum Gasteiger partial charge on any atom is 0.328 e. The number of hydrogen-bond donors (Lipinski definition) is 1. The Morgan fingerprint density at radius 3 is 2.68 bits per heavy atom. The average Bonchev–Trinajstić information content (AvgIpc) is 2.38. The second kappa shape index (κ2) is 6.99. The Hall–Kier alpha value is -1.75. The highest BCUT2D eigenvalue weighted by atomic mass is 35.5. The number of carbonyl (C=O) groups is 2. The van der Waals surface area contributed by atoms with E-state index in [9.17, 15) is 9.59 Å². The average molecular weight is 286 g/mol. The molecule has 0 saturated carbocycles. The van der Waals surface area contributed by atoms with Crippen LogP contribution in [0.15, 0.2) is 18.2 Å². The van der Waals surface area contributed by atoms with Crippen LogP contribution in [0.5, 0.6) is 5.75 Å². The van der Waals surface area contributed by atoms with Gasteiger partial charge in [-0.3, -0.25) is 4.79 Å². The molecule has 0 aromatic heterocycles. The number of benzene rings is 1. The van der Waals surface area contributed by atoms with Gasteiger partial charge in [-0.2, -0.15) is 0 Å². The van der Waals surface area contributed by atoms with Crippen LogP contribution in [0.3, 0.4) is 0 Å². The molecule has 0 heterocycles. The summed E-state index contributed by atoms with van der Waals surface area (Å²) in [6.45, 7) is 3.51. The van der Waals surface area contributed by atoms with Gasteiger partial charge in [-0.25, -0.2) is 4.79 Å². The summed E-state index contributed by atoms with van der Waals surface area (Å²) < 4.78 is 9.89. The quantitative estimate of drug-likeness (QED) is 0.841. The first-order chi connectivity index (χ1) is 8.99. The molecule has 6 heteroatoms. The van der Waals surface area contributed by atoms with E-state index in [2.05, 4.69) is 5.32 Å². The Labute approximate surface area is 116 Å². The standard InChI is InChI=1S/C13H16ClNO4/c1-4-19-13(17)8(2)15-12(16)10-7-9(14)5-6-11(10)18-3/h5-8H,4H2,1-3H3,(H,15,16). The summed E-state index contributed by atoms with van der Waals surface area (Å²) in [5.41, 5.74) is 0.270. The molecule has 1 rings (SSSR count). The van der Waals surface area contributed by atoms with Crippen molar-refractivity contribution in [1.29, 1.82) is 0 Å². The Morgan fingerprint density at radius 1 is 1.42 bits per heavy atom. The summed E-state index contributed by atoms with van der Waals surface area (Å²) in [5, 5.41) is 2.94. The fourth-order valence-electron chi connectivity index (χ4n) is 1.46. The SMILES string of the molecule is CCOC(=O)C(C)NC(=O)c1cc(Cl)ccc1OC. The fraction of sp³-hybridized carbons (Fsp3) is 0.385. The molecule has 5 nitrogen and oxygen atoms in total. The normalized spacial score (nSPS) is 11.6. The molecule has 19 heavy (non-hydrogen) atoms. The van der Waals surface area contributed by atoms with Gasteiger partial charge in [-0.05, 0) is 32.0 Å². The number of hydrogen-bond acceptors (Lipinski definition) is 4. The lowest BCUT2D eigenvalue weighted by atomic mass is 10.1. The zero-order valence-corrected chi connectivity index (χ0v) is 11.8. The number of methoxy groups -OCH3 is 1. The minimum atomic E-state index is -0.740. The van der Waals surface area contributed by atoms with E-state index in [0.29, 0.717) is 10.8 Å². The van der Waals surface area contributed by atoms with Gasteiger partial charge in [0.05, 0.1) is 19.3 Å². The van der Waals surface area contributed by atoms with E-state index >= 15 is 0 Å². The number of halogens is 1. The van der Waals surface area contributed by atoms with E-state index in [1.54, 1.807) is 26.0 Å².